The highest BCUT2D eigenvalue weighted by Gasteiger charge is 2.14. The van der Waals surface area contributed by atoms with Gasteiger partial charge in [0.25, 0.3) is 0 Å². The van der Waals surface area contributed by atoms with Crippen LogP contribution in [0.15, 0.2) is 29.3 Å². The van der Waals surface area contributed by atoms with Crippen molar-refractivity contribution in [3.05, 3.63) is 24.3 Å². The molecule has 1 aliphatic rings. The van der Waals surface area contributed by atoms with Gasteiger partial charge < -0.3 is 10.4 Å². The van der Waals surface area contributed by atoms with Crippen LogP contribution in [0.5, 0.6) is 5.75 Å². The van der Waals surface area contributed by atoms with Crippen molar-refractivity contribution in [1.82, 2.24) is 0 Å². The average molecular weight is 208 g/mol. The zero-order valence-corrected chi connectivity index (χ0v) is 8.71. The maximum atomic E-state index is 9.10. The van der Waals surface area contributed by atoms with E-state index < -0.39 is 0 Å². The summed E-state index contributed by atoms with van der Waals surface area (Å²) in [6.45, 7) is 3.03. The number of aliphatic imine (C=N–C) groups is 1. The average Bonchev–Trinajstić information content (AvgIpc) is 2.56. The highest BCUT2D eigenvalue weighted by atomic mass is 32.2. The van der Waals surface area contributed by atoms with E-state index in [2.05, 4.69) is 17.2 Å². The maximum absolute atomic E-state index is 9.10. The number of hydrogen-bond acceptors (Lipinski definition) is 4. The van der Waals surface area contributed by atoms with E-state index in [-0.39, 0.29) is 5.75 Å². The van der Waals surface area contributed by atoms with E-state index in [1.807, 2.05) is 12.1 Å². The van der Waals surface area contributed by atoms with E-state index >= 15 is 0 Å². The summed E-state index contributed by atoms with van der Waals surface area (Å²) < 4.78 is 0. The summed E-state index contributed by atoms with van der Waals surface area (Å²) in [5, 5.41) is 13.8. The van der Waals surface area contributed by atoms with Crippen molar-refractivity contribution in [2.75, 3.05) is 11.9 Å². The number of phenolic OH excluding ortho intramolecular Hbond substituents is 1. The van der Waals surface area contributed by atoms with Gasteiger partial charge in [-0.15, -0.1) is 0 Å². The van der Waals surface area contributed by atoms with Crippen molar-refractivity contribution in [3.8, 4) is 5.75 Å². The van der Waals surface area contributed by atoms with Crippen LogP contribution in [-0.4, -0.2) is 22.1 Å². The van der Waals surface area contributed by atoms with Gasteiger partial charge in [-0.05, 0) is 24.3 Å². The number of thioether (sulfide) groups is 1. The molecule has 0 spiro atoms. The summed E-state index contributed by atoms with van der Waals surface area (Å²) in [6.07, 6.45) is 0. The maximum Gasteiger partial charge on any atom is 0.161 e. The number of hydrogen-bond donors (Lipinski definition) is 2. The lowest BCUT2D eigenvalue weighted by Gasteiger charge is -2.05. The molecule has 1 aromatic carbocycles. The molecule has 0 bridgehead atoms. The van der Waals surface area contributed by atoms with Crippen molar-refractivity contribution in [3.63, 3.8) is 0 Å². The van der Waals surface area contributed by atoms with Gasteiger partial charge in [0.2, 0.25) is 0 Å². The Morgan fingerprint density at radius 1 is 1.43 bits per heavy atom. The lowest BCUT2D eigenvalue weighted by atomic mass is 10.3. The summed E-state index contributed by atoms with van der Waals surface area (Å²) in [6, 6.07) is 6.99. The van der Waals surface area contributed by atoms with E-state index in [1.54, 1.807) is 23.9 Å². The number of phenols is 1. The molecule has 1 heterocycles. The first-order chi connectivity index (χ1) is 6.74. The number of amidine groups is 1. The Balaban J connectivity index is 2.01. The first kappa shape index (κ1) is 9.40. The quantitative estimate of drug-likeness (QED) is 0.696. The third-order valence-corrected chi connectivity index (χ3v) is 2.93. The third-order valence-electron chi connectivity index (χ3n) is 1.92. The molecule has 1 atom stereocenters. The van der Waals surface area contributed by atoms with E-state index in [0.717, 1.165) is 17.4 Å². The molecule has 1 aliphatic heterocycles. The molecule has 0 saturated heterocycles. The molecular formula is C10H12N2OS. The number of nitrogens with one attached hydrogen (secondary N) is 1. The normalized spacial score (nSPS) is 20.6. The van der Waals surface area contributed by atoms with Gasteiger partial charge in [0.05, 0.1) is 6.54 Å². The van der Waals surface area contributed by atoms with Gasteiger partial charge in [-0.1, -0.05) is 18.7 Å². The lowest BCUT2D eigenvalue weighted by molar-refractivity contribution is 0.475. The largest absolute Gasteiger partial charge is 0.508 e. The predicted octanol–water partition coefficient (Wildman–Crippen LogP) is 2.30. The zero-order chi connectivity index (χ0) is 9.97. The monoisotopic (exact) mass is 208 g/mol. The van der Waals surface area contributed by atoms with Crippen LogP contribution in [0.25, 0.3) is 0 Å². The second kappa shape index (κ2) is 3.92. The minimum absolute atomic E-state index is 0.282. The molecule has 0 aromatic heterocycles. The Hall–Kier alpha value is -1.16. The molecule has 2 N–H and O–H groups in total. The van der Waals surface area contributed by atoms with Gasteiger partial charge in [0.15, 0.2) is 5.17 Å². The van der Waals surface area contributed by atoms with Crippen LogP contribution in [0.2, 0.25) is 0 Å². The minimum atomic E-state index is 0.282. The number of nitrogens with zero attached hydrogens (tertiary/aromatic N) is 1. The van der Waals surface area contributed by atoms with Gasteiger partial charge in [-0.3, -0.25) is 4.99 Å². The van der Waals surface area contributed by atoms with Crippen LogP contribution < -0.4 is 5.32 Å². The molecule has 4 heteroatoms. The second-order valence-electron chi connectivity index (χ2n) is 3.25. The van der Waals surface area contributed by atoms with Gasteiger partial charge in [0, 0.05) is 10.9 Å². The van der Waals surface area contributed by atoms with Crippen molar-refractivity contribution in [2.45, 2.75) is 12.2 Å². The molecule has 2 rings (SSSR count). The standard InChI is InChI=1S/C10H12N2OS/c1-7-6-11-10(14-7)12-8-2-4-9(13)5-3-8/h2-5,7,13H,6H2,1H3,(H,11,12)/t7-/m0/s1. The van der Waals surface area contributed by atoms with Crippen LogP contribution >= 0.6 is 11.8 Å². The summed E-state index contributed by atoms with van der Waals surface area (Å²) in [5.41, 5.74) is 0.961. The third kappa shape index (κ3) is 2.20. The number of benzene rings is 1. The molecule has 14 heavy (non-hydrogen) atoms. The Kier molecular flexibility index (Phi) is 2.63. The van der Waals surface area contributed by atoms with E-state index in [9.17, 15) is 0 Å². The first-order valence-electron chi connectivity index (χ1n) is 4.51. The Labute approximate surface area is 87.2 Å². The van der Waals surface area contributed by atoms with Crippen LogP contribution in [0.1, 0.15) is 6.92 Å². The lowest BCUT2D eigenvalue weighted by Crippen LogP contribution is -2.05. The number of aromatic hydroxyl groups is 1. The van der Waals surface area contributed by atoms with Crippen molar-refractivity contribution in [1.29, 1.82) is 0 Å². The zero-order valence-electron chi connectivity index (χ0n) is 7.90. The summed E-state index contributed by atoms with van der Waals surface area (Å²) in [7, 11) is 0. The Morgan fingerprint density at radius 3 is 2.71 bits per heavy atom. The second-order valence-corrected chi connectivity index (χ2v) is 4.67. The van der Waals surface area contributed by atoms with Gasteiger partial charge in [0.1, 0.15) is 5.75 Å². The summed E-state index contributed by atoms with van der Waals surface area (Å²) in [5.74, 6) is 0.282. The van der Waals surface area contributed by atoms with Crippen molar-refractivity contribution >= 4 is 22.6 Å². The molecule has 0 saturated carbocycles. The molecule has 0 unspecified atom stereocenters. The van der Waals surface area contributed by atoms with Crippen molar-refractivity contribution < 1.29 is 5.11 Å². The molecule has 0 fully saturated rings. The molecule has 1 aromatic rings. The van der Waals surface area contributed by atoms with Crippen LogP contribution in [0.3, 0.4) is 0 Å². The van der Waals surface area contributed by atoms with Crippen LogP contribution in [-0.2, 0) is 0 Å². The summed E-state index contributed by atoms with van der Waals surface area (Å²) >= 11 is 1.74. The van der Waals surface area contributed by atoms with Crippen LogP contribution in [0, 0.1) is 0 Å². The minimum Gasteiger partial charge on any atom is -0.508 e. The molecule has 74 valence electrons. The smallest absolute Gasteiger partial charge is 0.161 e. The van der Waals surface area contributed by atoms with E-state index in [4.69, 9.17) is 5.11 Å². The summed E-state index contributed by atoms with van der Waals surface area (Å²) in [4.78, 5) is 4.34. The molecule has 0 aliphatic carbocycles. The highest BCUT2D eigenvalue weighted by Crippen LogP contribution is 2.22. The van der Waals surface area contributed by atoms with Crippen molar-refractivity contribution in [2.24, 2.45) is 4.99 Å². The van der Waals surface area contributed by atoms with E-state index in [0.29, 0.717) is 5.25 Å². The number of anilines is 1. The predicted molar refractivity (Wildman–Crippen MR) is 61.1 cm³/mol. The Morgan fingerprint density at radius 2 is 2.14 bits per heavy atom. The van der Waals surface area contributed by atoms with Gasteiger partial charge in [-0.25, -0.2) is 0 Å². The van der Waals surface area contributed by atoms with Gasteiger partial charge >= 0.3 is 0 Å². The fourth-order valence-electron chi connectivity index (χ4n) is 1.21. The number of rotatable bonds is 1. The first-order valence-corrected chi connectivity index (χ1v) is 5.39. The topological polar surface area (TPSA) is 44.6 Å². The molecule has 3 nitrogen and oxygen atoms in total. The highest BCUT2D eigenvalue weighted by molar-refractivity contribution is 8.15. The fourth-order valence-corrected chi connectivity index (χ4v) is 2.07. The molecule has 0 amide bonds. The van der Waals surface area contributed by atoms with Crippen LogP contribution in [0.4, 0.5) is 5.69 Å². The Bertz CT molecular complexity index is 348. The molecule has 0 radical (unpaired) electrons. The van der Waals surface area contributed by atoms with Gasteiger partial charge in [-0.2, -0.15) is 0 Å². The SMILES string of the molecule is C[C@H]1CN=C(Nc2ccc(O)cc2)S1. The van der Waals surface area contributed by atoms with E-state index in [1.165, 1.54) is 0 Å². The molecular weight excluding hydrogens is 196 g/mol. The fraction of sp³-hybridized carbons (Fsp3) is 0.300.